The van der Waals surface area contributed by atoms with E-state index in [1.54, 1.807) is 31.2 Å². The largest absolute Gasteiger partial charge is 0.504 e. The van der Waals surface area contributed by atoms with Crippen molar-refractivity contribution in [2.24, 2.45) is 0 Å². The van der Waals surface area contributed by atoms with E-state index in [1.807, 2.05) is 13.8 Å². The standard InChI is InChI=1S/C28H31ClN2O7/c1-5-30(6-2)10-11-31-24(16-8-9-19(32)20(13-16)37-7-3)23(26(34)28(31)35)25(33)21-14-17-12-18(29)15-22(36-4)27(17)38-21/h8-9,12-15,24,32,34H,5-7,10-11H2,1-4H3. The van der Waals surface area contributed by atoms with Gasteiger partial charge in [-0.1, -0.05) is 31.5 Å². The number of fused-ring (bicyclic) bond motifs is 1. The highest BCUT2D eigenvalue weighted by molar-refractivity contribution is 6.31. The van der Waals surface area contributed by atoms with Crippen LogP contribution in [0.1, 0.15) is 42.9 Å². The van der Waals surface area contributed by atoms with Crippen molar-refractivity contribution in [1.82, 2.24) is 9.80 Å². The molecule has 2 N–H and O–H groups in total. The molecule has 2 heterocycles. The molecule has 0 spiro atoms. The number of nitrogens with zero attached hydrogens (tertiary/aromatic N) is 2. The number of amides is 1. The maximum Gasteiger partial charge on any atom is 0.290 e. The summed E-state index contributed by atoms with van der Waals surface area (Å²) in [4.78, 5) is 30.8. The predicted octanol–water partition coefficient (Wildman–Crippen LogP) is 5.12. The molecule has 0 saturated heterocycles. The first-order valence-electron chi connectivity index (χ1n) is 12.5. The van der Waals surface area contributed by atoms with Crippen molar-refractivity contribution in [3.8, 4) is 17.2 Å². The summed E-state index contributed by atoms with van der Waals surface area (Å²) in [5.74, 6) is -1.53. The van der Waals surface area contributed by atoms with Crippen molar-refractivity contribution in [2.45, 2.75) is 26.8 Å². The van der Waals surface area contributed by atoms with Gasteiger partial charge in [0, 0.05) is 29.6 Å². The molecular formula is C28H31ClN2O7. The monoisotopic (exact) mass is 542 g/mol. The predicted molar refractivity (Wildman–Crippen MR) is 143 cm³/mol. The van der Waals surface area contributed by atoms with E-state index in [0.29, 0.717) is 40.5 Å². The smallest absolute Gasteiger partial charge is 0.290 e. The number of furan rings is 1. The number of Topliss-reactive ketones (excluding diaryl/α,β-unsaturated/α-hetero) is 1. The normalized spacial score (nSPS) is 15.7. The number of phenols is 1. The molecule has 38 heavy (non-hydrogen) atoms. The molecule has 0 fully saturated rings. The Labute approximate surface area is 225 Å². The van der Waals surface area contributed by atoms with Crippen LogP contribution in [0.4, 0.5) is 0 Å². The average Bonchev–Trinajstić information content (AvgIpc) is 3.44. The van der Waals surface area contributed by atoms with Crippen molar-refractivity contribution in [3.05, 3.63) is 64.1 Å². The zero-order chi connectivity index (χ0) is 27.6. The van der Waals surface area contributed by atoms with Gasteiger partial charge in [-0.3, -0.25) is 9.59 Å². The highest BCUT2D eigenvalue weighted by Crippen LogP contribution is 2.42. The minimum Gasteiger partial charge on any atom is -0.504 e. The van der Waals surface area contributed by atoms with Crippen molar-refractivity contribution in [1.29, 1.82) is 0 Å². The van der Waals surface area contributed by atoms with Crippen LogP contribution >= 0.6 is 11.6 Å². The summed E-state index contributed by atoms with van der Waals surface area (Å²) >= 11 is 6.18. The fraction of sp³-hybridized carbons (Fsp3) is 0.357. The zero-order valence-electron chi connectivity index (χ0n) is 21.8. The first kappa shape index (κ1) is 27.3. The third-order valence-corrected chi connectivity index (χ3v) is 6.91. The summed E-state index contributed by atoms with van der Waals surface area (Å²) in [6.45, 7) is 8.51. The highest BCUT2D eigenvalue weighted by atomic mass is 35.5. The molecule has 1 unspecified atom stereocenters. The number of ether oxygens (including phenoxy) is 2. The van der Waals surface area contributed by atoms with Crippen LogP contribution in [-0.4, -0.2) is 71.6 Å². The van der Waals surface area contributed by atoms with Gasteiger partial charge in [0.05, 0.1) is 25.3 Å². The number of hydrogen-bond acceptors (Lipinski definition) is 8. The van der Waals surface area contributed by atoms with Gasteiger partial charge in [-0.05, 0) is 49.8 Å². The number of phenolic OH excluding ortho intramolecular Hbond substituents is 1. The summed E-state index contributed by atoms with van der Waals surface area (Å²) in [6.07, 6.45) is 0. The Bertz CT molecular complexity index is 1390. The molecule has 0 saturated carbocycles. The molecule has 1 atom stereocenters. The zero-order valence-corrected chi connectivity index (χ0v) is 22.5. The summed E-state index contributed by atoms with van der Waals surface area (Å²) in [6, 6.07) is 8.41. The molecule has 0 radical (unpaired) electrons. The molecule has 1 aliphatic rings. The Morgan fingerprint density at radius 2 is 1.84 bits per heavy atom. The summed E-state index contributed by atoms with van der Waals surface area (Å²) in [7, 11) is 1.46. The summed E-state index contributed by atoms with van der Waals surface area (Å²) in [5.41, 5.74) is 0.706. The van der Waals surface area contributed by atoms with Crippen LogP contribution in [0.25, 0.3) is 11.0 Å². The Balaban J connectivity index is 1.81. The van der Waals surface area contributed by atoms with E-state index in [0.717, 1.165) is 13.1 Å². The van der Waals surface area contributed by atoms with E-state index < -0.39 is 23.5 Å². The molecule has 0 bridgehead atoms. The van der Waals surface area contributed by atoms with Crippen LogP contribution in [0.2, 0.25) is 5.02 Å². The number of methoxy groups -OCH3 is 1. The van der Waals surface area contributed by atoms with E-state index in [4.69, 9.17) is 25.5 Å². The second kappa shape index (κ2) is 11.4. The van der Waals surface area contributed by atoms with Crippen molar-refractivity contribution in [3.63, 3.8) is 0 Å². The second-order valence-corrected chi connectivity index (χ2v) is 9.25. The average molecular weight is 543 g/mol. The Morgan fingerprint density at radius 1 is 1.11 bits per heavy atom. The quantitative estimate of drug-likeness (QED) is 0.321. The van der Waals surface area contributed by atoms with Gasteiger partial charge in [-0.2, -0.15) is 0 Å². The molecule has 1 amide bonds. The minimum absolute atomic E-state index is 0.0723. The van der Waals surface area contributed by atoms with Crippen LogP contribution in [-0.2, 0) is 4.79 Å². The second-order valence-electron chi connectivity index (χ2n) is 8.82. The fourth-order valence-electron chi connectivity index (χ4n) is 4.71. The van der Waals surface area contributed by atoms with E-state index in [-0.39, 0.29) is 29.4 Å². The van der Waals surface area contributed by atoms with Crippen LogP contribution in [0.15, 0.2) is 52.1 Å². The Hall–Kier alpha value is -3.69. The lowest BCUT2D eigenvalue weighted by atomic mass is 9.94. The molecule has 202 valence electrons. The molecule has 9 nitrogen and oxygen atoms in total. The van der Waals surface area contributed by atoms with Gasteiger partial charge in [0.2, 0.25) is 5.78 Å². The van der Waals surface area contributed by atoms with E-state index in [2.05, 4.69) is 4.90 Å². The Kier molecular flexibility index (Phi) is 8.18. The number of benzene rings is 2. The lowest BCUT2D eigenvalue weighted by Crippen LogP contribution is -2.38. The molecule has 1 aromatic heterocycles. The third kappa shape index (κ3) is 5.04. The number of aliphatic hydroxyl groups excluding tert-OH is 1. The molecule has 10 heteroatoms. The van der Waals surface area contributed by atoms with Crippen molar-refractivity contribution < 1.29 is 33.7 Å². The van der Waals surface area contributed by atoms with Gasteiger partial charge >= 0.3 is 0 Å². The van der Waals surface area contributed by atoms with Crippen molar-refractivity contribution in [2.75, 3.05) is 39.9 Å². The Morgan fingerprint density at radius 3 is 2.50 bits per heavy atom. The molecule has 2 aromatic carbocycles. The first-order chi connectivity index (χ1) is 18.2. The lowest BCUT2D eigenvalue weighted by Gasteiger charge is -2.29. The number of likely N-dealkylation sites (N-methyl/N-ethyl adjacent to an activating group) is 1. The third-order valence-electron chi connectivity index (χ3n) is 6.69. The molecular weight excluding hydrogens is 512 g/mol. The number of carbonyl (C=O) groups is 2. The lowest BCUT2D eigenvalue weighted by molar-refractivity contribution is -0.129. The maximum absolute atomic E-state index is 13.9. The fourth-order valence-corrected chi connectivity index (χ4v) is 4.92. The number of ketones is 1. The van der Waals surface area contributed by atoms with Gasteiger partial charge in [0.15, 0.2) is 34.4 Å². The van der Waals surface area contributed by atoms with E-state index in [9.17, 15) is 19.8 Å². The molecule has 4 rings (SSSR count). The molecule has 3 aromatic rings. The van der Waals surface area contributed by atoms with Crippen LogP contribution < -0.4 is 9.47 Å². The number of rotatable bonds is 11. The van der Waals surface area contributed by atoms with Crippen molar-refractivity contribution >= 4 is 34.3 Å². The number of hydrogen-bond donors (Lipinski definition) is 2. The van der Waals surface area contributed by atoms with Gasteiger partial charge in [-0.25, -0.2) is 0 Å². The number of aliphatic hydroxyl groups is 1. The van der Waals surface area contributed by atoms with Gasteiger partial charge in [0.1, 0.15) is 0 Å². The van der Waals surface area contributed by atoms with E-state index >= 15 is 0 Å². The van der Waals surface area contributed by atoms with Gasteiger partial charge in [-0.15, -0.1) is 0 Å². The maximum atomic E-state index is 13.9. The SMILES string of the molecule is CCOc1cc(C2C(C(=O)c3cc4cc(Cl)cc(OC)c4o3)=C(O)C(=O)N2CCN(CC)CC)ccc1O. The van der Waals surface area contributed by atoms with E-state index in [1.165, 1.54) is 24.1 Å². The van der Waals surface area contributed by atoms with Gasteiger partial charge < -0.3 is 33.9 Å². The molecule has 0 aliphatic carbocycles. The van der Waals surface area contributed by atoms with Crippen LogP contribution in [0, 0.1) is 0 Å². The minimum atomic E-state index is -0.927. The van der Waals surface area contributed by atoms with Gasteiger partial charge in [0.25, 0.3) is 5.91 Å². The topological polar surface area (TPSA) is 113 Å². The summed E-state index contributed by atoms with van der Waals surface area (Å²) < 4.78 is 16.7. The highest BCUT2D eigenvalue weighted by Gasteiger charge is 2.44. The number of halogens is 1. The van der Waals surface area contributed by atoms with Crippen LogP contribution in [0.5, 0.6) is 17.2 Å². The molecule has 1 aliphatic heterocycles. The summed E-state index contributed by atoms with van der Waals surface area (Å²) in [5, 5.41) is 22.2. The first-order valence-corrected chi connectivity index (χ1v) is 12.9. The van der Waals surface area contributed by atoms with Crippen LogP contribution in [0.3, 0.4) is 0 Å². The number of carbonyl (C=O) groups excluding carboxylic acids is 2. The number of aromatic hydroxyl groups is 1.